The molecule has 0 atom stereocenters. The molecule has 1 aromatic rings. The molecule has 1 rings (SSSR count). The molecule has 0 fully saturated rings. The van der Waals surface area contributed by atoms with E-state index in [1.165, 1.54) is 13.2 Å². The van der Waals surface area contributed by atoms with Crippen LogP contribution in [-0.4, -0.2) is 24.7 Å². The van der Waals surface area contributed by atoms with Crippen molar-refractivity contribution in [1.82, 2.24) is 0 Å². The van der Waals surface area contributed by atoms with Crippen molar-refractivity contribution in [2.24, 2.45) is 5.73 Å². The van der Waals surface area contributed by atoms with Gasteiger partial charge in [0.15, 0.2) is 0 Å². The van der Waals surface area contributed by atoms with Gasteiger partial charge in [0.05, 0.1) is 12.7 Å². The van der Waals surface area contributed by atoms with E-state index >= 15 is 0 Å². The van der Waals surface area contributed by atoms with Gasteiger partial charge in [0, 0.05) is 0 Å². The summed E-state index contributed by atoms with van der Waals surface area (Å²) in [4.78, 5) is 11.0. The van der Waals surface area contributed by atoms with Crippen LogP contribution in [0.15, 0.2) is 18.2 Å². The molecule has 0 aliphatic carbocycles. The minimum absolute atomic E-state index is 0.294. The van der Waals surface area contributed by atoms with Gasteiger partial charge < -0.3 is 15.6 Å². The Kier molecular flexibility index (Phi) is 4.12. The number of benzene rings is 1. The van der Waals surface area contributed by atoms with Crippen molar-refractivity contribution in [2.75, 3.05) is 13.7 Å². The Balaban J connectivity index is 2.98. The number of nitrogens with two attached hydrogens (primary N) is 1. The molecule has 0 amide bonds. The van der Waals surface area contributed by atoms with Crippen LogP contribution in [0.4, 0.5) is 0 Å². The number of rotatable bonds is 5. The summed E-state index contributed by atoms with van der Waals surface area (Å²) in [5.74, 6) is -0.371. The van der Waals surface area contributed by atoms with E-state index in [2.05, 4.69) is 0 Å². The maximum absolute atomic E-state index is 11.0. The number of aromatic carboxylic acids is 1. The highest BCUT2D eigenvalue weighted by atomic mass is 16.5. The molecule has 15 heavy (non-hydrogen) atoms. The first kappa shape index (κ1) is 11.5. The zero-order chi connectivity index (χ0) is 11.3. The summed E-state index contributed by atoms with van der Waals surface area (Å²) < 4.78 is 4.98. The molecule has 0 saturated heterocycles. The lowest BCUT2D eigenvalue weighted by atomic mass is 10.0. The molecule has 0 aliphatic heterocycles. The second-order valence-electron chi connectivity index (χ2n) is 3.22. The second kappa shape index (κ2) is 5.36. The van der Waals surface area contributed by atoms with Gasteiger partial charge in [-0.3, -0.25) is 0 Å². The number of ether oxygens (including phenoxy) is 1. The summed E-state index contributed by atoms with van der Waals surface area (Å²) in [6.07, 6.45) is 1.47. The van der Waals surface area contributed by atoms with E-state index in [1.807, 2.05) is 0 Å². The molecule has 4 heteroatoms. The molecule has 0 saturated carbocycles. The largest absolute Gasteiger partial charge is 0.497 e. The average molecular weight is 209 g/mol. The van der Waals surface area contributed by atoms with Crippen molar-refractivity contribution in [3.63, 3.8) is 0 Å². The molecule has 3 N–H and O–H groups in total. The van der Waals surface area contributed by atoms with Crippen LogP contribution >= 0.6 is 0 Å². The molecule has 4 nitrogen and oxygen atoms in total. The van der Waals surface area contributed by atoms with Crippen molar-refractivity contribution in [3.8, 4) is 5.75 Å². The van der Waals surface area contributed by atoms with Crippen LogP contribution in [-0.2, 0) is 6.42 Å². The fourth-order valence-corrected chi connectivity index (χ4v) is 1.39. The lowest BCUT2D eigenvalue weighted by Crippen LogP contribution is -2.06. The third-order valence-electron chi connectivity index (χ3n) is 2.20. The van der Waals surface area contributed by atoms with Crippen molar-refractivity contribution < 1.29 is 14.6 Å². The molecule has 0 aliphatic rings. The normalized spacial score (nSPS) is 10.0. The fraction of sp³-hybridized carbons (Fsp3) is 0.364. The highest BCUT2D eigenvalue weighted by molar-refractivity contribution is 5.89. The van der Waals surface area contributed by atoms with Gasteiger partial charge in [0.1, 0.15) is 5.75 Å². The lowest BCUT2D eigenvalue weighted by Gasteiger charge is -2.07. The van der Waals surface area contributed by atoms with Crippen LogP contribution in [0.5, 0.6) is 5.75 Å². The predicted molar refractivity (Wildman–Crippen MR) is 57.3 cm³/mol. The van der Waals surface area contributed by atoms with E-state index in [9.17, 15) is 4.79 Å². The third kappa shape index (κ3) is 2.95. The van der Waals surface area contributed by atoms with E-state index in [1.54, 1.807) is 12.1 Å². The Morgan fingerprint density at radius 3 is 2.80 bits per heavy atom. The van der Waals surface area contributed by atoms with Gasteiger partial charge in [-0.2, -0.15) is 0 Å². The van der Waals surface area contributed by atoms with Gasteiger partial charge in [-0.05, 0) is 37.1 Å². The summed E-state index contributed by atoms with van der Waals surface area (Å²) in [5.41, 5.74) is 6.48. The number of aryl methyl sites for hydroxylation is 1. The van der Waals surface area contributed by atoms with Gasteiger partial charge in [-0.15, -0.1) is 0 Å². The van der Waals surface area contributed by atoms with Crippen LogP contribution in [0.2, 0.25) is 0 Å². The van der Waals surface area contributed by atoms with E-state index < -0.39 is 5.97 Å². The smallest absolute Gasteiger partial charge is 0.336 e. The maximum Gasteiger partial charge on any atom is 0.336 e. The van der Waals surface area contributed by atoms with Crippen LogP contribution in [0, 0.1) is 0 Å². The second-order valence-corrected chi connectivity index (χ2v) is 3.22. The molecule has 82 valence electrons. The highest BCUT2D eigenvalue weighted by Crippen LogP contribution is 2.18. The Bertz CT molecular complexity index is 350. The highest BCUT2D eigenvalue weighted by Gasteiger charge is 2.10. The quantitative estimate of drug-likeness (QED) is 0.766. The van der Waals surface area contributed by atoms with Crippen molar-refractivity contribution in [3.05, 3.63) is 29.3 Å². The molecular weight excluding hydrogens is 194 g/mol. The van der Waals surface area contributed by atoms with E-state index in [4.69, 9.17) is 15.6 Å². The van der Waals surface area contributed by atoms with Gasteiger partial charge in [0.2, 0.25) is 0 Å². The third-order valence-corrected chi connectivity index (χ3v) is 2.20. The van der Waals surface area contributed by atoms with Crippen LogP contribution < -0.4 is 10.5 Å². The number of carboxylic acid groups (broad SMARTS) is 1. The predicted octanol–water partition coefficient (Wildman–Crippen LogP) is 1.28. The van der Waals surface area contributed by atoms with Crippen molar-refractivity contribution in [1.29, 1.82) is 0 Å². The van der Waals surface area contributed by atoms with E-state index in [-0.39, 0.29) is 0 Å². The number of carboxylic acids is 1. The van der Waals surface area contributed by atoms with Gasteiger partial charge in [-0.1, -0.05) is 6.07 Å². The molecule has 0 spiro atoms. The zero-order valence-electron chi connectivity index (χ0n) is 8.69. The molecular formula is C11H15NO3. The first-order valence-electron chi connectivity index (χ1n) is 4.79. The standard InChI is InChI=1S/C11H15NO3/c1-15-9-5-4-8(3-2-6-12)10(7-9)11(13)14/h4-5,7H,2-3,6,12H2,1H3,(H,13,14). The summed E-state index contributed by atoms with van der Waals surface area (Å²) in [7, 11) is 1.51. The zero-order valence-corrected chi connectivity index (χ0v) is 8.69. The maximum atomic E-state index is 11.0. The Hall–Kier alpha value is -1.55. The van der Waals surface area contributed by atoms with Crippen LogP contribution in [0.1, 0.15) is 22.3 Å². The molecule has 0 aromatic heterocycles. The molecule has 0 unspecified atom stereocenters. The monoisotopic (exact) mass is 209 g/mol. The van der Waals surface area contributed by atoms with E-state index in [0.717, 1.165) is 12.0 Å². The summed E-state index contributed by atoms with van der Waals surface area (Å²) in [5, 5.41) is 9.00. The van der Waals surface area contributed by atoms with E-state index in [0.29, 0.717) is 24.3 Å². The summed E-state index contributed by atoms with van der Waals surface area (Å²) in [6.45, 7) is 0.561. The first-order valence-corrected chi connectivity index (χ1v) is 4.79. The van der Waals surface area contributed by atoms with Gasteiger partial charge >= 0.3 is 5.97 Å². The number of carbonyl (C=O) groups is 1. The van der Waals surface area contributed by atoms with Crippen LogP contribution in [0.3, 0.4) is 0 Å². The van der Waals surface area contributed by atoms with Crippen LogP contribution in [0.25, 0.3) is 0 Å². The van der Waals surface area contributed by atoms with Gasteiger partial charge in [-0.25, -0.2) is 4.79 Å². The number of hydrogen-bond acceptors (Lipinski definition) is 3. The Labute approximate surface area is 88.7 Å². The topological polar surface area (TPSA) is 72.5 Å². The first-order chi connectivity index (χ1) is 7.19. The Morgan fingerprint density at radius 1 is 1.53 bits per heavy atom. The minimum Gasteiger partial charge on any atom is -0.497 e. The summed E-state index contributed by atoms with van der Waals surface area (Å²) in [6, 6.07) is 5.07. The number of methoxy groups -OCH3 is 1. The molecule has 0 bridgehead atoms. The van der Waals surface area contributed by atoms with Crippen molar-refractivity contribution in [2.45, 2.75) is 12.8 Å². The SMILES string of the molecule is COc1ccc(CCCN)c(C(=O)O)c1. The van der Waals surface area contributed by atoms with Crippen molar-refractivity contribution >= 4 is 5.97 Å². The lowest BCUT2D eigenvalue weighted by molar-refractivity contribution is 0.0695. The minimum atomic E-state index is -0.930. The molecule has 0 heterocycles. The molecule has 1 aromatic carbocycles. The van der Waals surface area contributed by atoms with Gasteiger partial charge in [0.25, 0.3) is 0 Å². The average Bonchev–Trinajstić information content (AvgIpc) is 2.26. The fourth-order valence-electron chi connectivity index (χ4n) is 1.39. The summed E-state index contributed by atoms with van der Waals surface area (Å²) >= 11 is 0. The number of hydrogen-bond donors (Lipinski definition) is 2. The molecule has 0 radical (unpaired) electrons. The Morgan fingerprint density at radius 2 is 2.27 bits per heavy atom.